The number of fused-ring (bicyclic) bond motifs is 3. The molecule has 1 aliphatic carbocycles. The van der Waals surface area contributed by atoms with Crippen molar-refractivity contribution in [1.82, 2.24) is 29.4 Å². The highest BCUT2D eigenvalue weighted by Gasteiger charge is 2.39. The minimum absolute atomic E-state index is 0.0678. The first-order chi connectivity index (χ1) is 14.7. The molecule has 4 aromatic rings. The van der Waals surface area contributed by atoms with E-state index in [1.54, 1.807) is 13.8 Å². The lowest BCUT2D eigenvalue weighted by Gasteiger charge is -2.12. The highest BCUT2D eigenvalue weighted by Crippen LogP contribution is 2.43. The van der Waals surface area contributed by atoms with Crippen molar-refractivity contribution in [1.29, 1.82) is 0 Å². The Morgan fingerprint density at radius 2 is 2.06 bits per heavy atom. The molecular formula is C19H17F3N6O2S. The Balaban J connectivity index is 1.63. The molecule has 12 heteroatoms. The normalized spacial score (nSPS) is 15.7. The largest absolute Gasteiger partial charge is 0.465 e. The van der Waals surface area contributed by atoms with Crippen LogP contribution in [-0.4, -0.2) is 42.4 Å². The zero-order valence-corrected chi connectivity index (χ0v) is 17.6. The lowest BCUT2D eigenvalue weighted by molar-refractivity contribution is -0.141. The van der Waals surface area contributed by atoms with Crippen LogP contribution < -0.4 is 0 Å². The van der Waals surface area contributed by atoms with Gasteiger partial charge in [0.25, 0.3) is 0 Å². The number of ether oxygens (including phenoxy) is 1. The number of nitrogens with zero attached hydrogens (tertiary/aromatic N) is 6. The summed E-state index contributed by atoms with van der Waals surface area (Å²) in [6.07, 6.45) is -1.37. The number of alkyl halides is 3. The standard InChI is InChI=1S/C19H17F3N6O2S/c1-8-13-16-24-15(26-27(16)7-23-17(13)31-14(8)18(29)30-3)9(2)28-11(10-4-5-10)6-12(25-28)19(20,21)22/h6-7,9-10H,4-5H2,1-3H3. The van der Waals surface area contributed by atoms with Crippen LogP contribution in [0.1, 0.15) is 64.2 Å². The van der Waals surface area contributed by atoms with Crippen molar-refractivity contribution in [3.63, 3.8) is 0 Å². The molecule has 0 amide bonds. The maximum atomic E-state index is 13.3. The number of hydrogen-bond donors (Lipinski definition) is 0. The molecule has 1 saturated carbocycles. The Morgan fingerprint density at radius 1 is 1.32 bits per heavy atom. The smallest absolute Gasteiger partial charge is 0.435 e. The third-order valence-electron chi connectivity index (χ3n) is 5.45. The van der Waals surface area contributed by atoms with Gasteiger partial charge in [0, 0.05) is 11.6 Å². The molecule has 0 spiro atoms. The number of carbonyl (C=O) groups excluding carboxylic acids is 1. The molecule has 1 unspecified atom stereocenters. The molecule has 1 atom stereocenters. The molecule has 5 rings (SSSR count). The molecule has 0 aliphatic heterocycles. The highest BCUT2D eigenvalue weighted by molar-refractivity contribution is 7.20. The van der Waals surface area contributed by atoms with Gasteiger partial charge in [-0.2, -0.15) is 18.3 Å². The summed E-state index contributed by atoms with van der Waals surface area (Å²) >= 11 is 1.20. The Labute approximate surface area is 177 Å². The van der Waals surface area contributed by atoms with Gasteiger partial charge in [-0.1, -0.05) is 0 Å². The van der Waals surface area contributed by atoms with Crippen molar-refractivity contribution in [3.05, 3.63) is 40.0 Å². The number of esters is 1. The molecule has 31 heavy (non-hydrogen) atoms. The van der Waals surface area contributed by atoms with Gasteiger partial charge in [-0.25, -0.2) is 19.3 Å². The first kappa shape index (κ1) is 19.9. The van der Waals surface area contributed by atoms with Gasteiger partial charge in [0.15, 0.2) is 17.2 Å². The summed E-state index contributed by atoms with van der Waals surface area (Å²) in [7, 11) is 1.31. The van der Waals surface area contributed by atoms with E-state index >= 15 is 0 Å². The quantitative estimate of drug-likeness (QED) is 0.435. The number of rotatable bonds is 4. The molecule has 162 valence electrons. The number of carbonyl (C=O) groups is 1. The summed E-state index contributed by atoms with van der Waals surface area (Å²) in [5.41, 5.74) is 0.785. The van der Waals surface area contributed by atoms with Crippen LogP contribution in [0.3, 0.4) is 0 Å². The molecule has 0 saturated heterocycles. The minimum atomic E-state index is -4.52. The lowest BCUT2D eigenvalue weighted by atomic mass is 10.2. The molecule has 1 fully saturated rings. The van der Waals surface area contributed by atoms with Crippen molar-refractivity contribution in [2.24, 2.45) is 0 Å². The van der Waals surface area contributed by atoms with Crippen molar-refractivity contribution in [2.75, 3.05) is 7.11 Å². The van der Waals surface area contributed by atoms with Gasteiger partial charge in [0.1, 0.15) is 22.1 Å². The number of thiophene rings is 1. The van der Waals surface area contributed by atoms with Gasteiger partial charge in [0.2, 0.25) is 0 Å². The predicted molar refractivity (Wildman–Crippen MR) is 105 cm³/mol. The van der Waals surface area contributed by atoms with Gasteiger partial charge < -0.3 is 4.74 Å². The van der Waals surface area contributed by atoms with Gasteiger partial charge in [-0.3, -0.25) is 4.68 Å². The Hall–Kier alpha value is -3.02. The van der Waals surface area contributed by atoms with Gasteiger partial charge in [0.05, 0.1) is 12.5 Å². The first-order valence-corrected chi connectivity index (χ1v) is 10.4. The summed E-state index contributed by atoms with van der Waals surface area (Å²) < 4.78 is 47.4. The van der Waals surface area contributed by atoms with E-state index in [1.807, 2.05) is 0 Å². The van der Waals surface area contributed by atoms with Crippen LogP contribution in [0.25, 0.3) is 15.9 Å². The molecule has 0 bridgehead atoms. The van der Waals surface area contributed by atoms with Crippen LogP contribution in [0.4, 0.5) is 13.2 Å². The van der Waals surface area contributed by atoms with Gasteiger partial charge in [-0.05, 0) is 38.3 Å². The van der Waals surface area contributed by atoms with E-state index < -0.39 is 23.9 Å². The fraction of sp³-hybridized carbons (Fsp3) is 0.421. The SMILES string of the molecule is COC(=O)c1sc2ncn3nc(C(C)n4nc(C(F)(F)F)cc4C4CC4)nc3c2c1C. The van der Waals surface area contributed by atoms with Crippen molar-refractivity contribution < 1.29 is 22.7 Å². The van der Waals surface area contributed by atoms with E-state index in [0.29, 0.717) is 37.8 Å². The average Bonchev–Trinajstić information content (AvgIpc) is 3.18. The summed E-state index contributed by atoms with van der Waals surface area (Å²) in [6.45, 7) is 3.50. The zero-order chi connectivity index (χ0) is 22.1. The molecule has 4 aromatic heterocycles. The van der Waals surface area contributed by atoms with Crippen molar-refractivity contribution >= 4 is 33.2 Å². The van der Waals surface area contributed by atoms with Crippen LogP contribution in [0.2, 0.25) is 0 Å². The third-order valence-corrected chi connectivity index (χ3v) is 6.63. The minimum Gasteiger partial charge on any atom is -0.465 e. The van der Waals surface area contributed by atoms with Crippen molar-refractivity contribution in [2.45, 2.75) is 44.8 Å². The molecule has 1 aliphatic rings. The van der Waals surface area contributed by atoms with Crippen LogP contribution in [0, 0.1) is 6.92 Å². The molecule has 0 N–H and O–H groups in total. The average molecular weight is 450 g/mol. The third kappa shape index (κ3) is 3.16. The number of hydrogen-bond acceptors (Lipinski definition) is 7. The molecular weight excluding hydrogens is 433 g/mol. The topological polar surface area (TPSA) is 87.2 Å². The molecule has 0 aromatic carbocycles. The van der Waals surface area contributed by atoms with Gasteiger partial charge >= 0.3 is 12.1 Å². The maximum absolute atomic E-state index is 13.3. The van der Waals surface area contributed by atoms with Crippen molar-refractivity contribution in [3.8, 4) is 0 Å². The van der Waals surface area contributed by atoms with E-state index in [1.165, 1.54) is 34.0 Å². The predicted octanol–water partition coefficient (Wildman–Crippen LogP) is 4.14. The molecule has 0 radical (unpaired) electrons. The second-order valence-corrected chi connectivity index (χ2v) is 8.56. The van der Waals surface area contributed by atoms with E-state index in [2.05, 4.69) is 20.2 Å². The number of methoxy groups -OCH3 is 1. The molecule has 4 heterocycles. The highest BCUT2D eigenvalue weighted by atomic mass is 32.1. The molecule has 8 nitrogen and oxygen atoms in total. The number of aryl methyl sites for hydroxylation is 1. The number of halogens is 3. The Morgan fingerprint density at radius 3 is 2.71 bits per heavy atom. The Kier molecular flexibility index (Phi) is 4.33. The van der Waals surface area contributed by atoms with Gasteiger partial charge in [-0.15, -0.1) is 16.4 Å². The lowest BCUT2D eigenvalue weighted by Crippen LogP contribution is -2.15. The fourth-order valence-corrected chi connectivity index (χ4v) is 4.73. The van der Waals surface area contributed by atoms with Crippen LogP contribution in [0.5, 0.6) is 0 Å². The monoisotopic (exact) mass is 450 g/mol. The summed E-state index contributed by atoms with van der Waals surface area (Å²) in [4.78, 5) is 22.0. The van der Waals surface area contributed by atoms with Crippen LogP contribution >= 0.6 is 11.3 Å². The van der Waals surface area contributed by atoms with E-state index in [4.69, 9.17) is 4.74 Å². The Bertz CT molecular complexity index is 1330. The number of aromatic nitrogens is 6. The van der Waals surface area contributed by atoms with E-state index in [0.717, 1.165) is 18.9 Å². The second-order valence-electron chi connectivity index (χ2n) is 7.56. The second kappa shape index (κ2) is 6.74. The summed E-state index contributed by atoms with van der Waals surface area (Å²) in [6, 6.07) is 0.510. The van der Waals surface area contributed by atoms with Crippen LogP contribution in [-0.2, 0) is 10.9 Å². The summed E-state index contributed by atoms with van der Waals surface area (Å²) in [5, 5.41) is 8.94. The maximum Gasteiger partial charge on any atom is 0.435 e. The van der Waals surface area contributed by atoms with Crippen LogP contribution in [0.15, 0.2) is 12.4 Å². The summed E-state index contributed by atoms with van der Waals surface area (Å²) in [5.74, 6) is -0.0755. The fourth-order valence-electron chi connectivity index (χ4n) is 3.67. The van der Waals surface area contributed by atoms with E-state index in [9.17, 15) is 18.0 Å². The zero-order valence-electron chi connectivity index (χ0n) is 16.8. The van der Waals surface area contributed by atoms with E-state index in [-0.39, 0.29) is 5.92 Å². The first-order valence-electron chi connectivity index (χ1n) is 9.58.